The van der Waals surface area contributed by atoms with Gasteiger partial charge < -0.3 is 15.1 Å². The van der Waals surface area contributed by atoms with E-state index in [1.54, 1.807) is 6.26 Å². The standard InChI is InChI=1S/C15H26N4O.HI/c1-3-18(4-2)15(16)17-12-13(14-8-7-11-20-14)19-9-5-6-10-19;/h7-8,11,13H,3-6,9-10,12H2,1-2H3,(H2,16,17);1H. The van der Waals surface area contributed by atoms with Crippen molar-refractivity contribution in [2.24, 2.45) is 10.7 Å². The number of nitrogens with two attached hydrogens (primary N) is 1. The second-order valence-corrected chi connectivity index (χ2v) is 5.15. The molecule has 1 unspecified atom stereocenters. The topological polar surface area (TPSA) is 58.0 Å². The molecule has 0 aliphatic carbocycles. The Balaban J connectivity index is 0.00000220. The molecule has 1 aliphatic rings. The average molecular weight is 406 g/mol. The smallest absolute Gasteiger partial charge is 0.191 e. The first-order valence-corrected chi connectivity index (χ1v) is 7.58. The molecule has 0 amide bonds. The quantitative estimate of drug-likeness (QED) is 0.449. The van der Waals surface area contributed by atoms with Gasteiger partial charge in [-0.15, -0.1) is 24.0 Å². The Hall–Kier alpha value is -0.760. The molecule has 5 nitrogen and oxygen atoms in total. The van der Waals surface area contributed by atoms with E-state index in [-0.39, 0.29) is 30.0 Å². The lowest BCUT2D eigenvalue weighted by atomic mass is 10.2. The molecule has 2 N–H and O–H groups in total. The van der Waals surface area contributed by atoms with Gasteiger partial charge in [0.15, 0.2) is 5.96 Å². The van der Waals surface area contributed by atoms with Gasteiger partial charge in [-0.2, -0.15) is 0 Å². The van der Waals surface area contributed by atoms with E-state index in [0.29, 0.717) is 12.5 Å². The van der Waals surface area contributed by atoms with Crippen LogP contribution < -0.4 is 5.73 Å². The fraction of sp³-hybridized carbons (Fsp3) is 0.667. The van der Waals surface area contributed by atoms with E-state index in [4.69, 9.17) is 10.2 Å². The van der Waals surface area contributed by atoms with E-state index in [0.717, 1.165) is 31.9 Å². The van der Waals surface area contributed by atoms with Gasteiger partial charge in [-0.25, -0.2) is 0 Å². The lowest BCUT2D eigenvalue weighted by Crippen LogP contribution is -2.38. The highest BCUT2D eigenvalue weighted by atomic mass is 127. The van der Waals surface area contributed by atoms with Crippen LogP contribution in [0.4, 0.5) is 0 Å². The van der Waals surface area contributed by atoms with Crippen molar-refractivity contribution in [3.05, 3.63) is 24.2 Å². The summed E-state index contributed by atoms with van der Waals surface area (Å²) in [6.07, 6.45) is 4.24. The number of hydrogen-bond acceptors (Lipinski definition) is 3. The fourth-order valence-electron chi connectivity index (χ4n) is 2.75. The van der Waals surface area contributed by atoms with E-state index in [1.807, 2.05) is 12.1 Å². The number of aliphatic imine (C=N–C) groups is 1. The SMILES string of the molecule is CCN(CC)C(N)=NCC(c1ccco1)N1CCCC1.I. The second kappa shape index (κ2) is 9.30. The fourth-order valence-corrected chi connectivity index (χ4v) is 2.75. The van der Waals surface area contributed by atoms with E-state index < -0.39 is 0 Å². The molecule has 2 rings (SSSR count). The third-order valence-corrected chi connectivity index (χ3v) is 3.97. The molecule has 0 radical (unpaired) electrons. The molecule has 1 aromatic rings. The van der Waals surface area contributed by atoms with E-state index in [9.17, 15) is 0 Å². The summed E-state index contributed by atoms with van der Waals surface area (Å²) >= 11 is 0. The number of furan rings is 1. The maximum absolute atomic E-state index is 6.07. The van der Waals surface area contributed by atoms with Gasteiger partial charge in [0.1, 0.15) is 5.76 Å². The zero-order chi connectivity index (χ0) is 14.4. The molecule has 0 bridgehead atoms. The van der Waals surface area contributed by atoms with Crippen molar-refractivity contribution in [1.29, 1.82) is 0 Å². The Morgan fingerprint density at radius 1 is 1.38 bits per heavy atom. The van der Waals surface area contributed by atoms with Crippen LogP contribution in [0.15, 0.2) is 27.8 Å². The molecule has 6 heteroatoms. The third-order valence-electron chi connectivity index (χ3n) is 3.97. The first kappa shape index (κ1) is 18.3. The Bertz CT molecular complexity index is 411. The number of hydrogen-bond donors (Lipinski definition) is 1. The van der Waals surface area contributed by atoms with Crippen molar-refractivity contribution >= 4 is 29.9 Å². The Kier molecular flexibility index (Phi) is 8.10. The average Bonchev–Trinajstić information content (AvgIpc) is 3.13. The van der Waals surface area contributed by atoms with Crippen LogP contribution in [-0.4, -0.2) is 48.5 Å². The molecular weight excluding hydrogens is 379 g/mol. The molecule has 0 spiro atoms. The van der Waals surface area contributed by atoms with Crippen molar-refractivity contribution in [2.45, 2.75) is 32.7 Å². The van der Waals surface area contributed by atoms with Gasteiger partial charge in [0.25, 0.3) is 0 Å². The van der Waals surface area contributed by atoms with E-state index in [2.05, 4.69) is 28.6 Å². The van der Waals surface area contributed by atoms with Gasteiger partial charge in [0, 0.05) is 13.1 Å². The van der Waals surface area contributed by atoms with Crippen LogP contribution in [0.1, 0.15) is 38.5 Å². The van der Waals surface area contributed by atoms with Crippen LogP contribution >= 0.6 is 24.0 Å². The van der Waals surface area contributed by atoms with Crippen molar-refractivity contribution in [2.75, 3.05) is 32.7 Å². The Morgan fingerprint density at radius 2 is 2.05 bits per heavy atom. The predicted octanol–water partition coefficient (Wildman–Crippen LogP) is 2.69. The lowest BCUT2D eigenvalue weighted by Gasteiger charge is -2.25. The molecule has 120 valence electrons. The molecule has 1 aliphatic heterocycles. The van der Waals surface area contributed by atoms with Gasteiger partial charge in [-0.1, -0.05) is 0 Å². The van der Waals surface area contributed by atoms with Gasteiger partial charge in [0.05, 0.1) is 18.8 Å². The van der Waals surface area contributed by atoms with Gasteiger partial charge in [-0.3, -0.25) is 9.89 Å². The van der Waals surface area contributed by atoms with Crippen molar-refractivity contribution in [3.63, 3.8) is 0 Å². The van der Waals surface area contributed by atoms with Crippen LogP contribution in [0.2, 0.25) is 0 Å². The lowest BCUT2D eigenvalue weighted by molar-refractivity contribution is 0.220. The molecule has 0 aromatic carbocycles. The molecular formula is C15H27IN4O. The van der Waals surface area contributed by atoms with Crippen molar-refractivity contribution in [1.82, 2.24) is 9.80 Å². The molecule has 1 atom stereocenters. The number of halogens is 1. The first-order chi connectivity index (χ1) is 9.76. The minimum Gasteiger partial charge on any atom is -0.468 e. The second-order valence-electron chi connectivity index (χ2n) is 5.15. The number of guanidine groups is 1. The minimum atomic E-state index is 0. The van der Waals surface area contributed by atoms with E-state index >= 15 is 0 Å². The highest BCUT2D eigenvalue weighted by Crippen LogP contribution is 2.25. The summed E-state index contributed by atoms with van der Waals surface area (Å²) in [6.45, 7) is 8.86. The normalized spacial score (nSPS) is 17.5. The van der Waals surface area contributed by atoms with Gasteiger partial charge in [0.2, 0.25) is 0 Å². The van der Waals surface area contributed by atoms with Gasteiger partial charge >= 0.3 is 0 Å². The molecule has 1 fully saturated rings. The maximum Gasteiger partial charge on any atom is 0.191 e. The number of likely N-dealkylation sites (tertiary alicyclic amines) is 1. The molecule has 21 heavy (non-hydrogen) atoms. The molecule has 1 aromatic heterocycles. The van der Waals surface area contributed by atoms with Gasteiger partial charge in [-0.05, 0) is 51.9 Å². The van der Waals surface area contributed by atoms with E-state index in [1.165, 1.54) is 12.8 Å². The summed E-state index contributed by atoms with van der Waals surface area (Å²) in [7, 11) is 0. The number of nitrogens with zero attached hydrogens (tertiary/aromatic N) is 3. The summed E-state index contributed by atoms with van der Waals surface area (Å²) in [4.78, 5) is 9.10. The number of rotatable bonds is 6. The van der Waals surface area contributed by atoms with Crippen LogP contribution in [-0.2, 0) is 0 Å². The zero-order valence-electron chi connectivity index (χ0n) is 13.0. The summed E-state index contributed by atoms with van der Waals surface area (Å²) in [5.41, 5.74) is 6.07. The summed E-state index contributed by atoms with van der Waals surface area (Å²) in [5.74, 6) is 1.62. The first-order valence-electron chi connectivity index (χ1n) is 7.58. The maximum atomic E-state index is 6.07. The minimum absolute atomic E-state index is 0. The van der Waals surface area contributed by atoms with Crippen LogP contribution in [0, 0.1) is 0 Å². The third kappa shape index (κ3) is 4.88. The highest BCUT2D eigenvalue weighted by Gasteiger charge is 2.25. The Labute approximate surface area is 144 Å². The monoisotopic (exact) mass is 406 g/mol. The zero-order valence-corrected chi connectivity index (χ0v) is 15.3. The highest BCUT2D eigenvalue weighted by molar-refractivity contribution is 14.0. The molecule has 2 heterocycles. The van der Waals surface area contributed by atoms with Crippen LogP contribution in [0.3, 0.4) is 0 Å². The summed E-state index contributed by atoms with van der Waals surface area (Å²) in [6, 6.07) is 4.18. The van der Waals surface area contributed by atoms with Crippen LogP contribution in [0.5, 0.6) is 0 Å². The predicted molar refractivity (Wildman–Crippen MR) is 97.1 cm³/mol. The van der Waals surface area contributed by atoms with Crippen molar-refractivity contribution < 1.29 is 4.42 Å². The largest absolute Gasteiger partial charge is 0.468 e. The molecule has 1 saturated heterocycles. The summed E-state index contributed by atoms with van der Waals surface area (Å²) in [5, 5.41) is 0. The molecule has 0 saturated carbocycles. The Morgan fingerprint density at radius 3 is 2.57 bits per heavy atom. The van der Waals surface area contributed by atoms with Crippen LogP contribution in [0.25, 0.3) is 0 Å². The summed E-state index contributed by atoms with van der Waals surface area (Å²) < 4.78 is 5.59. The van der Waals surface area contributed by atoms with Crippen molar-refractivity contribution in [3.8, 4) is 0 Å².